The molecule has 1 aromatic carbocycles. The Kier molecular flexibility index (Phi) is 8.79. The molecule has 0 bridgehead atoms. The average Bonchev–Trinajstić information content (AvgIpc) is 3.35. The fraction of sp³-hybridized carbons (Fsp3) is 0.368. The van der Waals surface area contributed by atoms with Crippen LogP contribution in [0.2, 0.25) is 0 Å². The molecule has 2 aromatic heterocycles. The standard InChI is InChI=1S/C19H23N7O7S.Na/c20-11(6-10-4-2-1-3-5-10)18(29)25-34(30,31)32-7-12-14(27)15(28)19(33-12)26-9-24-13-16(21)22-8-23-17(13)26;/h1-5,8-9,11-12,14-15,19,27-28H,6-7,20H2,(H3,21,22,23,25,29);/q;+1/p-1/t11-,12+,14+,15+,19+;/m0./s1. The first-order valence-electron chi connectivity index (χ1n) is 10.1. The SMILES string of the molecule is Nc1ncnc2c1ncn2[C@@H]1O[C@H](COS(=O)(=O)[N-]C(=O)[C@@H](N)Cc2ccccc2)[C@@H](O)[C@H]1O.[Na+]. The Morgan fingerprint density at radius 3 is 2.63 bits per heavy atom. The number of amides is 1. The monoisotopic (exact) mass is 515 g/mol. The molecule has 0 aliphatic carbocycles. The number of hydrogen-bond donors (Lipinski definition) is 4. The van der Waals surface area contributed by atoms with Gasteiger partial charge in [0.1, 0.15) is 30.2 Å². The van der Waals surface area contributed by atoms with Gasteiger partial charge in [-0.05, 0) is 12.0 Å². The maximum atomic E-state index is 12.2. The Morgan fingerprint density at radius 2 is 1.91 bits per heavy atom. The summed E-state index contributed by atoms with van der Waals surface area (Å²) in [6, 6.07) is 7.59. The van der Waals surface area contributed by atoms with Gasteiger partial charge in [0.25, 0.3) is 0 Å². The zero-order valence-corrected chi connectivity index (χ0v) is 21.4. The van der Waals surface area contributed by atoms with Crippen molar-refractivity contribution in [2.75, 3.05) is 12.3 Å². The number of nitrogens with two attached hydrogens (primary N) is 2. The molecule has 1 amide bonds. The summed E-state index contributed by atoms with van der Waals surface area (Å²) in [5.41, 5.74) is 12.7. The molecule has 4 rings (SSSR count). The predicted molar refractivity (Wildman–Crippen MR) is 117 cm³/mol. The van der Waals surface area contributed by atoms with Gasteiger partial charge in [-0.2, -0.15) is 0 Å². The second-order valence-corrected chi connectivity index (χ2v) is 8.84. The Labute approximate surface area is 222 Å². The molecule has 3 heterocycles. The smallest absolute Gasteiger partial charge is 0.521 e. The van der Waals surface area contributed by atoms with E-state index in [2.05, 4.69) is 19.7 Å². The van der Waals surface area contributed by atoms with Gasteiger partial charge in [-0.25, -0.2) is 23.4 Å². The van der Waals surface area contributed by atoms with Gasteiger partial charge in [-0.15, -0.1) is 0 Å². The molecule has 0 radical (unpaired) electrons. The van der Waals surface area contributed by atoms with E-state index in [-0.39, 0.29) is 53.0 Å². The molecule has 1 aliphatic rings. The zero-order valence-electron chi connectivity index (χ0n) is 18.6. The molecule has 3 aromatic rings. The number of nitrogen functional groups attached to an aromatic ring is 1. The van der Waals surface area contributed by atoms with Crippen molar-refractivity contribution >= 4 is 33.2 Å². The molecule has 0 unspecified atom stereocenters. The number of nitrogens with zero attached hydrogens (tertiary/aromatic N) is 5. The van der Waals surface area contributed by atoms with Gasteiger partial charge in [0.15, 0.2) is 17.7 Å². The molecule has 6 N–H and O–H groups in total. The summed E-state index contributed by atoms with van der Waals surface area (Å²) in [5, 5.41) is 20.7. The van der Waals surface area contributed by atoms with E-state index in [0.717, 1.165) is 5.56 Å². The van der Waals surface area contributed by atoms with Gasteiger partial charge < -0.3 is 35.9 Å². The molecule has 14 nitrogen and oxygen atoms in total. The van der Waals surface area contributed by atoms with E-state index in [1.165, 1.54) is 17.2 Å². The van der Waals surface area contributed by atoms with Crippen LogP contribution in [0.3, 0.4) is 0 Å². The number of benzene rings is 1. The molecule has 1 saturated heterocycles. The molecule has 1 fully saturated rings. The van der Waals surface area contributed by atoms with Crippen molar-refractivity contribution in [2.24, 2.45) is 5.73 Å². The minimum Gasteiger partial charge on any atom is -0.521 e. The number of rotatable bonds is 8. The van der Waals surface area contributed by atoms with Crippen LogP contribution in [0.1, 0.15) is 11.8 Å². The van der Waals surface area contributed by atoms with Crippen LogP contribution in [0.5, 0.6) is 0 Å². The van der Waals surface area contributed by atoms with Crippen LogP contribution in [-0.4, -0.2) is 75.0 Å². The fourth-order valence-corrected chi connectivity index (χ4v) is 4.18. The molecule has 0 spiro atoms. The molecule has 0 saturated carbocycles. The van der Waals surface area contributed by atoms with Crippen LogP contribution in [0.15, 0.2) is 43.0 Å². The average molecular weight is 515 g/mol. The first kappa shape index (κ1) is 27.4. The summed E-state index contributed by atoms with van der Waals surface area (Å²) in [5.74, 6) is -0.976. The predicted octanol–water partition coefficient (Wildman–Crippen LogP) is -4.24. The molecule has 35 heavy (non-hydrogen) atoms. The van der Waals surface area contributed by atoms with Crippen molar-refractivity contribution < 1.29 is 61.9 Å². The number of hydrogen-bond acceptors (Lipinski definition) is 12. The first-order chi connectivity index (χ1) is 16.2. The van der Waals surface area contributed by atoms with Crippen LogP contribution in [-0.2, 0) is 30.4 Å². The molecule has 5 atom stereocenters. The van der Waals surface area contributed by atoms with Crippen molar-refractivity contribution in [2.45, 2.75) is 37.0 Å². The topological polar surface area (TPSA) is 220 Å². The normalized spacial score (nSPS) is 23.1. The minimum absolute atomic E-state index is 0. The van der Waals surface area contributed by atoms with Crippen molar-refractivity contribution in [3.63, 3.8) is 0 Å². The van der Waals surface area contributed by atoms with Gasteiger partial charge in [-0.1, -0.05) is 30.3 Å². The summed E-state index contributed by atoms with van der Waals surface area (Å²) >= 11 is 0. The second kappa shape index (κ2) is 11.2. The summed E-state index contributed by atoms with van der Waals surface area (Å²) < 4.78 is 39.0. The molecule has 182 valence electrons. The van der Waals surface area contributed by atoms with Crippen LogP contribution in [0.4, 0.5) is 5.82 Å². The number of fused-ring (bicyclic) bond motifs is 1. The number of imidazole rings is 1. The van der Waals surface area contributed by atoms with Gasteiger partial charge in [0.05, 0.1) is 24.9 Å². The number of ether oxygens (including phenoxy) is 1. The van der Waals surface area contributed by atoms with Crippen LogP contribution in [0, 0.1) is 0 Å². The second-order valence-electron chi connectivity index (χ2n) is 7.57. The number of carbonyl (C=O) groups excluding carboxylic acids is 1. The Balaban J connectivity index is 0.00000342. The molecule has 16 heteroatoms. The van der Waals surface area contributed by atoms with E-state index in [1.54, 1.807) is 30.3 Å². The summed E-state index contributed by atoms with van der Waals surface area (Å²) in [6.45, 7) is -0.717. The third kappa shape index (κ3) is 6.14. The van der Waals surface area contributed by atoms with Crippen LogP contribution < -0.4 is 41.0 Å². The van der Waals surface area contributed by atoms with E-state index in [1.807, 2.05) is 0 Å². The quantitative estimate of drug-likeness (QED) is 0.210. The number of carbonyl (C=O) groups is 1. The van der Waals surface area contributed by atoms with E-state index < -0.39 is 53.4 Å². The maximum absolute atomic E-state index is 12.2. The Morgan fingerprint density at radius 1 is 1.20 bits per heavy atom. The summed E-state index contributed by atoms with van der Waals surface area (Å²) in [4.78, 5) is 24.0. The van der Waals surface area contributed by atoms with Crippen LogP contribution in [0.25, 0.3) is 15.9 Å². The number of aromatic nitrogens is 4. The molecule has 1 aliphatic heterocycles. The third-order valence-electron chi connectivity index (χ3n) is 5.20. The van der Waals surface area contributed by atoms with Crippen molar-refractivity contribution in [3.05, 3.63) is 53.3 Å². The Bertz CT molecular complexity index is 1280. The number of aliphatic hydroxyl groups is 2. The summed E-state index contributed by atoms with van der Waals surface area (Å²) in [6.07, 6.45) is -2.85. The van der Waals surface area contributed by atoms with E-state index >= 15 is 0 Å². The maximum Gasteiger partial charge on any atom is 1.00 e. The van der Waals surface area contributed by atoms with Crippen molar-refractivity contribution in [1.82, 2.24) is 19.5 Å². The van der Waals surface area contributed by atoms with Gasteiger partial charge >= 0.3 is 29.6 Å². The van der Waals surface area contributed by atoms with Crippen molar-refractivity contribution in [3.8, 4) is 0 Å². The third-order valence-corrected chi connectivity index (χ3v) is 6.03. The molecular weight excluding hydrogens is 493 g/mol. The van der Waals surface area contributed by atoms with Gasteiger partial charge in [0, 0.05) is 0 Å². The van der Waals surface area contributed by atoms with E-state index in [4.69, 9.17) is 20.4 Å². The molecular formula is C19H22N7NaO7S. The van der Waals surface area contributed by atoms with Gasteiger partial charge in [0.2, 0.25) is 10.3 Å². The number of aliphatic hydroxyl groups excluding tert-OH is 2. The Hall–Kier alpha value is -2.21. The van der Waals surface area contributed by atoms with Crippen LogP contribution >= 0.6 is 0 Å². The van der Waals surface area contributed by atoms with Crippen molar-refractivity contribution in [1.29, 1.82) is 0 Å². The largest absolute Gasteiger partial charge is 1.00 e. The minimum atomic E-state index is -4.69. The van der Waals surface area contributed by atoms with E-state index in [9.17, 15) is 23.4 Å². The van der Waals surface area contributed by atoms with E-state index in [0.29, 0.717) is 0 Å². The van der Waals surface area contributed by atoms with Gasteiger partial charge in [-0.3, -0.25) is 8.75 Å². The zero-order chi connectivity index (χ0) is 24.5. The first-order valence-corrected chi connectivity index (χ1v) is 11.4. The fourth-order valence-electron chi connectivity index (χ4n) is 3.47. The summed E-state index contributed by atoms with van der Waals surface area (Å²) in [7, 11) is -4.69. The number of anilines is 1.